The van der Waals surface area contributed by atoms with E-state index < -0.39 is 8.25 Å². The van der Waals surface area contributed by atoms with Crippen LogP contribution in [0.1, 0.15) is 5.69 Å². The van der Waals surface area contributed by atoms with Gasteiger partial charge in [0.05, 0.1) is 5.69 Å². The highest BCUT2D eigenvalue weighted by atomic mass is 31.1. The summed E-state index contributed by atoms with van der Waals surface area (Å²) in [5, 5.41) is 7.12. The Morgan fingerprint density at radius 3 is 2.73 bits per heavy atom. The third kappa shape index (κ3) is 2.57. The number of rotatable bonds is 2. The molecule has 11 heavy (non-hydrogen) atoms. The van der Waals surface area contributed by atoms with Crippen LogP contribution in [0.4, 0.5) is 0 Å². The van der Waals surface area contributed by atoms with Crippen LogP contribution in [0.2, 0.25) is 0 Å². The van der Waals surface area contributed by atoms with E-state index in [1.165, 1.54) is 6.07 Å². The lowest BCUT2D eigenvalue weighted by Gasteiger charge is -1.88. The second-order valence-electron chi connectivity index (χ2n) is 1.84. The van der Waals surface area contributed by atoms with Crippen LogP contribution in [-0.2, 0) is 4.57 Å². The Morgan fingerprint density at radius 1 is 1.55 bits per heavy atom. The van der Waals surface area contributed by atoms with E-state index in [1.807, 2.05) is 0 Å². The summed E-state index contributed by atoms with van der Waals surface area (Å²) in [6.45, 7) is 1.76. The molecule has 5 nitrogen and oxygen atoms in total. The van der Waals surface area contributed by atoms with Crippen molar-refractivity contribution in [2.24, 2.45) is 0 Å². The molecule has 0 radical (unpaired) electrons. The summed E-state index contributed by atoms with van der Waals surface area (Å²) in [5.74, 6) is 0.0548. The molecule has 6 heteroatoms. The van der Waals surface area contributed by atoms with Crippen molar-refractivity contribution in [3.63, 3.8) is 0 Å². The van der Waals surface area contributed by atoms with Crippen molar-refractivity contribution in [1.82, 2.24) is 10.2 Å². The van der Waals surface area contributed by atoms with Crippen molar-refractivity contribution in [3.05, 3.63) is 17.8 Å². The van der Waals surface area contributed by atoms with E-state index in [0.29, 0.717) is 0 Å². The average Bonchev–Trinajstić information content (AvgIpc) is 1.93. The van der Waals surface area contributed by atoms with Crippen molar-refractivity contribution < 1.29 is 14.0 Å². The maximum Gasteiger partial charge on any atom is 0.749 e. The van der Waals surface area contributed by atoms with Crippen molar-refractivity contribution in [1.29, 1.82) is 0 Å². The van der Waals surface area contributed by atoms with Gasteiger partial charge in [0, 0.05) is 10.6 Å². The molecule has 1 unspecified atom stereocenters. The van der Waals surface area contributed by atoms with E-state index in [0.717, 1.165) is 5.69 Å². The summed E-state index contributed by atoms with van der Waals surface area (Å²) < 4.78 is 14.5. The fraction of sp³-hybridized carbons (Fsp3) is 0.200. The molecule has 1 aromatic heterocycles. The smallest absolute Gasteiger partial charge is 0.207 e. The Kier molecular flexibility index (Phi) is 2.46. The van der Waals surface area contributed by atoms with E-state index in [-0.39, 0.29) is 5.88 Å². The molecule has 0 saturated heterocycles. The van der Waals surface area contributed by atoms with Gasteiger partial charge in [0.15, 0.2) is 0 Å². The highest BCUT2D eigenvalue weighted by molar-refractivity contribution is 7.32. The van der Waals surface area contributed by atoms with Crippen LogP contribution in [0.5, 0.6) is 5.88 Å². The van der Waals surface area contributed by atoms with E-state index >= 15 is 0 Å². The number of aryl methyl sites for hydroxylation is 1. The SMILES string of the molecule is Cc1ccc(O[P+](=O)O)nn1. The van der Waals surface area contributed by atoms with Crippen molar-refractivity contribution >= 4 is 8.25 Å². The molecular weight excluding hydrogens is 167 g/mol. The van der Waals surface area contributed by atoms with Crippen LogP contribution >= 0.6 is 8.25 Å². The predicted molar refractivity (Wildman–Crippen MR) is 37.2 cm³/mol. The molecule has 1 atom stereocenters. The van der Waals surface area contributed by atoms with E-state index in [9.17, 15) is 4.57 Å². The Bertz CT molecular complexity index is 261. The lowest BCUT2D eigenvalue weighted by atomic mass is 10.4. The average molecular weight is 173 g/mol. The maximum absolute atomic E-state index is 10.1. The van der Waals surface area contributed by atoms with Crippen LogP contribution in [0.25, 0.3) is 0 Å². The largest absolute Gasteiger partial charge is 0.749 e. The summed E-state index contributed by atoms with van der Waals surface area (Å²) in [6, 6.07) is 3.12. The third-order valence-electron chi connectivity index (χ3n) is 0.945. The first-order valence-corrected chi connectivity index (χ1v) is 3.96. The van der Waals surface area contributed by atoms with Crippen LogP contribution in [0, 0.1) is 6.92 Å². The molecule has 58 valence electrons. The van der Waals surface area contributed by atoms with Crippen molar-refractivity contribution in [2.45, 2.75) is 6.92 Å². The van der Waals surface area contributed by atoms with Crippen LogP contribution in [0.3, 0.4) is 0 Å². The number of nitrogens with zero attached hydrogens (tertiary/aromatic N) is 2. The van der Waals surface area contributed by atoms with Gasteiger partial charge >= 0.3 is 8.25 Å². The van der Waals surface area contributed by atoms with Gasteiger partial charge in [-0.1, -0.05) is 0 Å². The van der Waals surface area contributed by atoms with Crippen molar-refractivity contribution in [3.8, 4) is 5.88 Å². The Balaban J connectivity index is 2.74. The minimum atomic E-state index is -2.64. The Morgan fingerprint density at radius 2 is 2.27 bits per heavy atom. The van der Waals surface area contributed by atoms with Gasteiger partial charge in [-0.15, -0.1) is 9.99 Å². The van der Waals surface area contributed by atoms with Gasteiger partial charge in [0.25, 0.3) is 5.88 Å². The molecule has 1 heterocycles. The van der Waals surface area contributed by atoms with Crippen LogP contribution in [0.15, 0.2) is 12.1 Å². The molecule has 0 aliphatic heterocycles. The quantitative estimate of drug-likeness (QED) is 0.670. The zero-order chi connectivity index (χ0) is 8.27. The molecular formula is C5H6N2O3P+. The highest BCUT2D eigenvalue weighted by Gasteiger charge is 2.14. The van der Waals surface area contributed by atoms with Gasteiger partial charge in [-0.05, 0) is 13.0 Å². The lowest BCUT2D eigenvalue weighted by Crippen LogP contribution is -1.89. The molecule has 0 aromatic carbocycles. The first-order valence-electron chi connectivity index (χ1n) is 2.83. The first kappa shape index (κ1) is 8.04. The molecule has 0 spiro atoms. The molecule has 1 N–H and O–H groups in total. The second-order valence-corrected chi connectivity index (χ2v) is 2.50. The molecule has 0 bridgehead atoms. The van der Waals surface area contributed by atoms with E-state index in [1.54, 1.807) is 13.0 Å². The molecule has 1 rings (SSSR count). The van der Waals surface area contributed by atoms with Crippen molar-refractivity contribution in [2.75, 3.05) is 0 Å². The van der Waals surface area contributed by atoms with Gasteiger partial charge in [0.1, 0.15) is 0 Å². The Labute approximate surface area is 64.0 Å². The van der Waals surface area contributed by atoms with Gasteiger partial charge in [-0.25, -0.2) is 4.52 Å². The first-order chi connectivity index (χ1) is 5.18. The predicted octanol–water partition coefficient (Wildman–Crippen LogP) is 0.814. The lowest BCUT2D eigenvalue weighted by molar-refractivity contribution is 0.401. The number of hydrogen-bond acceptors (Lipinski definition) is 4. The highest BCUT2D eigenvalue weighted by Crippen LogP contribution is 2.18. The maximum atomic E-state index is 10.1. The van der Waals surface area contributed by atoms with E-state index in [4.69, 9.17) is 4.89 Å². The van der Waals surface area contributed by atoms with Crippen LogP contribution < -0.4 is 4.52 Å². The summed E-state index contributed by atoms with van der Waals surface area (Å²) >= 11 is 0. The molecule has 0 amide bonds. The molecule has 1 aromatic rings. The summed E-state index contributed by atoms with van der Waals surface area (Å²) in [4.78, 5) is 8.29. The molecule has 0 aliphatic rings. The Hall–Kier alpha value is -1.06. The minimum absolute atomic E-state index is 0.0548. The zero-order valence-corrected chi connectivity index (χ0v) is 6.65. The normalized spacial score (nSPS) is 10.9. The summed E-state index contributed by atoms with van der Waals surface area (Å²) in [7, 11) is -2.64. The van der Waals surface area contributed by atoms with Gasteiger partial charge in [-0.3, -0.25) is 0 Å². The monoisotopic (exact) mass is 173 g/mol. The molecule has 0 fully saturated rings. The minimum Gasteiger partial charge on any atom is -0.207 e. The van der Waals surface area contributed by atoms with E-state index in [2.05, 4.69) is 14.7 Å². The summed E-state index contributed by atoms with van der Waals surface area (Å²) in [5.41, 5.74) is 0.727. The summed E-state index contributed by atoms with van der Waals surface area (Å²) in [6.07, 6.45) is 0. The van der Waals surface area contributed by atoms with Crippen LogP contribution in [-0.4, -0.2) is 15.1 Å². The zero-order valence-electron chi connectivity index (χ0n) is 5.76. The van der Waals surface area contributed by atoms with Gasteiger partial charge in [-0.2, -0.15) is 5.10 Å². The fourth-order valence-corrected chi connectivity index (χ4v) is 0.773. The second kappa shape index (κ2) is 3.37. The molecule has 0 saturated carbocycles. The fourth-order valence-electron chi connectivity index (χ4n) is 0.515. The standard InChI is InChI=1S/C5H5N2O3P/c1-4-2-3-5(7-6-4)10-11(8)9/h2-3H,1H3/p+1. The number of hydrogen-bond donors (Lipinski definition) is 1. The van der Waals surface area contributed by atoms with Gasteiger partial charge < -0.3 is 0 Å². The number of aromatic nitrogens is 2. The topological polar surface area (TPSA) is 72.3 Å². The van der Waals surface area contributed by atoms with Gasteiger partial charge in [0.2, 0.25) is 0 Å². The third-order valence-corrected chi connectivity index (χ3v) is 1.29. The molecule has 0 aliphatic carbocycles.